The summed E-state index contributed by atoms with van der Waals surface area (Å²) in [4.78, 5) is 11.9. The second kappa shape index (κ2) is 7.34. The van der Waals surface area contributed by atoms with Gasteiger partial charge in [0, 0.05) is 23.7 Å². The topological polar surface area (TPSA) is 41.1 Å². The highest BCUT2D eigenvalue weighted by Gasteiger charge is 2.06. The Bertz CT molecular complexity index is 644. The van der Waals surface area contributed by atoms with E-state index in [1.807, 2.05) is 31.2 Å². The molecule has 2 aromatic carbocycles. The molecule has 0 spiro atoms. The second-order valence-electron chi connectivity index (χ2n) is 4.66. The second-order valence-corrected chi connectivity index (χ2v) is 5.51. The summed E-state index contributed by atoms with van der Waals surface area (Å²) < 4.78 is 0. The first-order chi connectivity index (χ1) is 10.1. The number of nitrogens with one attached hydrogen (secondary N) is 2. The molecular weight excluding hydrogens is 307 g/mol. The number of carbonyl (C=O) groups is 1. The standard InChI is InChI=1S/C16H16Cl2N2O/c1-11-4-2-3-5-14(11)19-9-8-16(21)20-15-7-6-12(17)10-13(15)18/h2-7,10,19H,8-9H2,1H3,(H,20,21). The number of aryl methyl sites for hydroxylation is 1. The summed E-state index contributed by atoms with van der Waals surface area (Å²) in [6, 6.07) is 12.9. The predicted octanol–water partition coefficient (Wildman–Crippen LogP) is 4.74. The molecule has 1 amide bonds. The van der Waals surface area contributed by atoms with Gasteiger partial charge in [0.1, 0.15) is 0 Å². The molecule has 0 atom stereocenters. The van der Waals surface area contributed by atoms with Crippen molar-refractivity contribution in [2.75, 3.05) is 17.2 Å². The molecule has 5 heteroatoms. The Hall–Kier alpha value is -1.71. The zero-order valence-electron chi connectivity index (χ0n) is 11.6. The highest BCUT2D eigenvalue weighted by molar-refractivity contribution is 6.36. The Balaban J connectivity index is 1.84. The van der Waals surface area contributed by atoms with E-state index in [-0.39, 0.29) is 5.91 Å². The minimum atomic E-state index is -0.0969. The van der Waals surface area contributed by atoms with E-state index >= 15 is 0 Å². The Kier molecular flexibility index (Phi) is 5.48. The van der Waals surface area contributed by atoms with Crippen LogP contribution in [-0.2, 0) is 4.79 Å². The third kappa shape index (κ3) is 4.66. The third-order valence-corrected chi connectivity index (χ3v) is 3.57. The van der Waals surface area contributed by atoms with Gasteiger partial charge < -0.3 is 10.6 Å². The lowest BCUT2D eigenvalue weighted by Crippen LogP contribution is -2.16. The Labute approximate surface area is 134 Å². The first-order valence-corrected chi connectivity index (χ1v) is 7.36. The Morgan fingerprint density at radius 3 is 2.57 bits per heavy atom. The molecule has 0 saturated carbocycles. The lowest BCUT2D eigenvalue weighted by molar-refractivity contribution is -0.115. The van der Waals surface area contributed by atoms with Gasteiger partial charge in [-0.05, 0) is 36.8 Å². The number of para-hydroxylation sites is 1. The maximum atomic E-state index is 11.9. The molecule has 0 heterocycles. The number of hydrogen-bond acceptors (Lipinski definition) is 2. The van der Waals surface area contributed by atoms with E-state index in [0.717, 1.165) is 11.3 Å². The van der Waals surface area contributed by atoms with Crippen LogP contribution in [0.1, 0.15) is 12.0 Å². The number of hydrogen-bond donors (Lipinski definition) is 2. The van der Waals surface area contributed by atoms with Crippen LogP contribution in [0.25, 0.3) is 0 Å². The maximum absolute atomic E-state index is 11.9. The van der Waals surface area contributed by atoms with Crippen LogP contribution in [-0.4, -0.2) is 12.5 Å². The molecule has 2 aromatic rings. The lowest BCUT2D eigenvalue weighted by Gasteiger charge is -2.10. The van der Waals surface area contributed by atoms with Crippen LogP contribution in [0.5, 0.6) is 0 Å². The summed E-state index contributed by atoms with van der Waals surface area (Å²) in [5.41, 5.74) is 2.76. The summed E-state index contributed by atoms with van der Waals surface area (Å²) in [5, 5.41) is 6.98. The maximum Gasteiger partial charge on any atom is 0.226 e. The number of carbonyl (C=O) groups excluding carboxylic acids is 1. The smallest absolute Gasteiger partial charge is 0.226 e. The van der Waals surface area contributed by atoms with Crippen molar-refractivity contribution in [3.05, 3.63) is 58.1 Å². The van der Waals surface area contributed by atoms with E-state index in [4.69, 9.17) is 23.2 Å². The molecule has 0 aromatic heterocycles. The highest BCUT2D eigenvalue weighted by atomic mass is 35.5. The molecule has 2 rings (SSSR count). The van der Waals surface area contributed by atoms with E-state index in [2.05, 4.69) is 10.6 Å². The largest absolute Gasteiger partial charge is 0.384 e. The van der Waals surface area contributed by atoms with Gasteiger partial charge in [-0.1, -0.05) is 41.4 Å². The van der Waals surface area contributed by atoms with Gasteiger partial charge in [-0.15, -0.1) is 0 Å². The molecule has 3 nitrogen and oxygen atoms in total. The van der Waals surface area contributed by atoms with Crippen LogP contribution >= 0.6 is 23.2 Å². The van der Waals surface area contributed by atoms with Crippen LogP contribution in [0.3, 0.4) is 0 Å². The van der Waals surface area contributed by atoms with Crippen molar-refractivity contribution >= 4 is 40.5 Å². The van der Waals surface area contributed by atoms with Gasteiger partial charge >= 0.3 is 0 Å². The molecule has 110 valence electrons. The Morgan fingerprint density at radius 1 is 1.10 bits per heavy atom. The van der Waals surface area contributed by atoms with E-state index in [9.17, 15) is 4.79 Å². The molecule has 0 fully saturated rings. The van der Waals surface area contributed by atoms with Gasteiger partial charge in [0.15, 0.2) is 0 Å². The average molecular weight is 323 g/mol. The highest BCUT2D eigenvalue weighted by Crippen LogP contribution is 2.25. The fourth-order valence-electron chi connectivity index (χ4n) is 1.89. The fourth-order valence-corrected chi connectivity index (χ4v) is 2.34. The molecule has 0 aliphatic heterocycles. The summed E-state index contributed by atoms with van der Waals surface area (Å²) in [7, 11) is 0. The first kappa shape index (κ1) is 15.7. The quantitative estimate of drug-likeness (QED) is 0.834. The molecule has 0 aliphatic rings. The van der Waals surface area contributed by atoms with Crippen LogP contribution in [0.4, 0.5) is 11.4 Å². The van der Waals surface area contributed by atoms with Gasteiger partial charge in [0.25, 0.3) is 0 Å². The van der Waals surface area contributed by atoms with E-state index < -0.39 is 0 Å². The van der Waals surface area contributed by atoms with Crippen molar-refractivity contribution in [3.8, 4) is 0 Å². The minimum Gasteiger partial charge on any atom is -0.384 e. The van der Waals surface area contributed by atoms with Gasteiger partial charge in [-0.2, -0.15) is 0 Å². The third-order valence-electron chi connectivity index (χ3n) is 3.02. The number of halogens is 2. The van der Waals surface area contributed by atoms with Gasteiger partial charge in [-0.25, -0.2) is 0 Å². The molecule has 0 bridgehead atoms. The molecule has 2 N–H and O–H groups in total. The molecular formula is C16H16Cl2N2O. The van der Waals surface area contributed by atoms with E-state index in [0.29, 0.717) is 28.7 Å². The molecule has 0 radical (unpaired) electrons. The number of amides is 1. The van der Waals surface area contributed by atoms with Crippen molar-refractivity contribution in [2.24, 2.45) is 0 Å². The van der Waals surface area contributed by atoms with Crippen molar-refractivity contribution in [3.63, 3.8) is 0 Å². The summed E-state index contributed by atoms with van der Waals surface area (Å²) in [5.74, 6) is -0.0969. The normalized spacial score (nSPS) is 10.2. The lowest BCUT2D eigenvalue weighted by atomic mass is 10.2. The van der Waals surface area contributed by atoms with Gasteiger partial charge in [0.2, 0.25) is 5.91 Å². The van der Waals surface area contributed by atoms with Crippen LogP contribution in [0.2, 0.25) is 10.0 Å². The number of benzene rings is 2. The Morgan fingerprint density at radius 2 is 1.86 bits per heavy atom. The van der Waals surface area contributed by atoms with Crippen LogP contribution in [0.15, 0.2) is 42.5 Å². The zero-order valence-corrected chi connectivity index (χ0v) is 13.1. The minimum absolute atomic E-state index is 0.0969. The number of rotatable bonds is 5. The fraction of sp³-hybridized carbons (Fsp3) is 0.188. The van der Waals surface area contributed by atoms with Crippen molar-refractivity contribution in [2.45, 2.75) is 13.3 Å². The molecule has 0 aliphatic carbocycles. The monoisotopic (exact) mass is 322 g/mol. The summed E-state index contributed by atoms with van der Waals surface area (Å²) in [6.45, 7) is 2.58. The zero-order chi connectivity index (χ0) is 15.2. The first-order valence-electron chi connectivity index (χ1n) is 6.60. The SMILES string of the molecule is Cc1ccccc1NCCC(=O)Nc1ccc(Cl)cc1Cl. The predicted molar refractivity (Wildman–Crippen MR) is 89.4 cm³/mol. The van der Waals surface area contributed by atoms with Crippen molar-refractivity contribution in [1.82, 2.24) is 0 Å². The van der Waals surface area contributed by atoms with Crippen LogP contribution in [0, 0.1) is 6.92 Å². The van der Waals surface area contributed by atoms with Crippen molar-refractivity contribution < 1.29 is 4.79 Å². The van der Waals surface area contributed by atoms with Crippen molar-refractivity contribution in [1.29, 1.82) is 0 Å². The summed E-state index contributed by atoms with van der Waals surface area (Å²) in [6.07, 6.45) is 0.354. The van der Waals surface area contributed by atoms with Crippen LogP contribution < -0.4 is 10.6 Å². The number of anilines is 2. The van der Waals surface area contributed by atoms with Gasteiger partial charge in [-0.3, -0.25) is 4.79 Å². The average Bonchev–Trinajstić information content (AvgIpc) is 2.44. The molecule has 0 saturated heterocycles. The van der Waals surface area contributed by atoms with E-state index in [1.54, 1.807) is 18.2 Å². The molecule has 21 heavy (non-hydrogen) atoms. The molecule has 0 unspecified atom stereocenters. The summed E-state index contributed by atoms with van der Waals surface area (Å²) >= 11 is 11.8. The van der Waals surface area contributed by atoms with E-state index in [1.165, 1.54) is 0 Å². The van der Waals surface area contributed by atoms with Gasteiger partial charge in [0.05, 0.1) is 10.7 Å².